The van der Waals surface area contributed by atoms with Crippen molar-refractivity contribution in [2.24, 2.45) is 0 Å². The number of carbonyl (C=O) groups is 1. The van der Waals surface area contributed by atoms with Gasteiger partial charge in [0.25, 0.3) is 0 Å². The minimum atomic E-state index is -0.0897. The highest BCUT2D eigenvalue weighted by molar-refractivity contribution is 5.79. The van der Waals surface area contributed by atoms with Crippen LogP contribution in [0.1, 0.15) is 26.2 Å². The van der Waals surface area contributed by atoms with Gasteiger partial charge in [0.05, 0.1) is 18.3 Å². The van der Waals surface area contributed by atoms with Gasteiger partial charge in [0.1, 0.15) is 0 Å². The summed E-state index contributed by atoms with van der Waals surface area (Å²) in [6.07, 6.45) is 3.86. The highest BCUT2D eigenvalue weighted by atomic mass is 16.1. The maximum absolute atomic E-state index is 12.3. The highest BCUT2D eigenvalue weighted by Gasteiger charge is 2.20. The first-order chi connectivity index (χ1) is 11.7. The first-order valence-electron chi connectivity index (χ1n) is 8.64. The van der Waals surface area contributed by atoms with Crippen molar-refractivity contribution < 1.29 is 4.79 Å². The molecule has 0 spiro atoms. The van der Waals surface area contributed by atoms with Crippen molar-refractivity contribution in [2.45, 2.75) is 38.8 Å². The standard InChI is InChI=1S/C18H24N4O2/c1-2-21-10-5-6-14(13-21)20-18(24)9-11-22-16-8-4-3-7-15(16)17(23)12-19-22/h3-4,7-8,12,14H,2,5-6,9-11,13H2,1H3,(H,20,24)/t14-/m1/s1. The number of aromatic nitrogens is 2. The number of piperidine rings is 1. The number of benzene rings is 1. The van der Waals surface area contributed by atoms with Crippen molar-refractivity contribution >= 4 is 16.8 Å². The predicted molar refractivity (Wildman–Crippen MR) is 93.9 cm³/mol. The van der Waals surface area contributed by atoms with Crippen LogP contribution in [0, 0.1) is 0 Å². The summed E-state index contributed by atoms with van der Waals surface area (Å²) in [6.45, 7) is 5.70. The average molecular weight is 328 g/mol. The Kier molecular flexibility index (Phi) is 5.25. The Morgan fingerprint density at radius 1 is 1.38 bits per heavy atom. The van der Waals surface area contributed by atoms with E-state index in [9.17, 15) is 9.59 Å². The molecule has 1 amide bonds. The molecule has 6 nitrogen and oxygen atoms in total. The lowest BCUT2D eigenvalue weighted by molar-refractivity contribution is -0.122. The van der Waals surface area contributed by atoms with Gasteiger partial charge in [0.2, 0.25) is 11.3 Å². The van der Waals surface area contributed by atoms with Crippen molar-refractivity contribution in [1.82, 2.24) is 20.0 Å². The number of nitrogens with one attached hydrogen (secondary N) is 1. The summed E-state index contributed by atoms with van der Waals surface area (Å²) in [7, 11) is 0. The molecule has 0 bridgehead atoms. The van der Waals surface area contributed by atoms with E-state index in [1.165, 1.54) is 6.20 Å². The normalized spacial score (nSPS) is 18.6. The Morgan fingerprint density at radius 3 is 3.04 bits per heavy atom. The van der Waals surface area contributed by atoms with E-state index in [1.807, 2.05) is 18.2 Å². The van der Waals surface area contributed by atoms with E-state index in [4.69, 9.17) is 0 Å². The lowest BCUT2D eigenvalue weighted by atomic mass is 10.1. The van der Waals surface area contributed by atoms with Crippen molar-refractivity contribution in [3.63, 3.8) is 0 Å². The van der Waals surface area contributed by atoms with Crippen LogP contribution in [-0.2, 0) is 11.3 Å². The molecule has 0 radical (unpaired) electrons. The van der Waals surface area contributed by atoms with E-state index in [0.29, 0.717) is 18.4 Å². The number of hydrogen-bond acceptors (Lipinski definition) is 4. The van der Waals surface area contributed by atoms with Gasteiger partial charge in [-0.1, -0.05) is 19.1 Å². The molecular weight excluding hydrogens is 304 g/mol. The van der Waals surface area contributed by atoms with Crippen molar-refractivity contribution in [3.8, 4) is 0 Å². The van der Waals surface area contributed by atoms with Gasteiger partial charge >= 0.3 is 0 Å². The third-order valence-electron chi connectivity index (χ3n) is 4.63. The summed E-state index contributed by atoms with van der Waals surface area (Å²) in [5, 5.41) is 7.93. The molecule has 1 aromatic heterocycles. The van der Waals surface area contributed by atoms with Crippen LogP contribution in [0.5, 0.6) is 0 Å². The zero-order valence-electron chi connectivity index (χ0n) is 14.1. The first kappa shape index (κ1) is 16.6. The first-order valence-corrected chi connectivity index (χ1v) is 8.64. The molecule has 1 aliphatic heterocycles. The van der Waals surface area contributed by atoms with Gasteiger partial charge in [0.15, 0.2) is 0 Å². The number of rotatable bonds is 5. The number of likely N-dealkylation sites (tertiary alicyclic amines) is 1. The summed E-state index contributed by atoms with van der Waals surface area (Å²) < 4.78 is 1.73. The summed E-state index contributed by atoms with van der Waals surface area (Å²) in [5.41, 5.74) is 0.681. The number of amides is 1. The minimum absolute atomic E-state index is 0.0440. The zero-order chi connectivity index (χ0) is 16.9. The molecule has 2 heterocycles. The summed E-state index contributed by atoms with van der Waals surface area (Å²) >= 11 is 0. The zero-order valence-corrected chi connectivity index (χ0v) is 14.1. The fourth-order valence-corrected chi connectivity index (χ4v) is 3.31. The van der Waals surface area contributed by atoms with E-state index < -0.39 is 0 Å². The van der Waals surface area contributed by atoms with Crippen LogP contribution in [0.3, 0.4) is 0 Å². The Bertz CT molecular complexity index is 771. The maximum Gasteiger partial charge on any atom is 0.222 e. The van der Waals surface area contributed by atoms with Crippen LogP contribution >= 0.6 is 0 Å². The topological polar surface area (TPSA) is 67.2 Å². The third kappa shape index (κ3) is 3.82. The molecule has 24 heavy (non-hydrogen) atoms. The molecule has 1 aliphatic rings. The van der Waals surface area contributed by atoms with Gasteiger partial charge < -0.3 is 10.2 Å². The highest BCUT2D eigenvalue weighted by Crippen LogP contribution is 2.11. The second-order valence-corrected chi connectivity index (χ2v) is 6.30. The van der Waals surface area contributed by atoms with Crippen molar-refractivity contribution in [1.29, 1.82) is 0 Å². The quantitative estimate of drug-likeness (QED) is 0.901. The van der Waals surface area contributed by atoms with Gasteiger partial charge in [0, 0.05) is 24.4 Å². The van der Waals surface area contributed by atoms with E-state index in [0.717, 1.165) is 38.0 Å². The van der Waals surface area contributed by atoms with Crippen molar-refractivity contribution in [3.05, 3.63) is 40.7 Å². The van der Waals surface area contributed by atoms with Gasteiger partial charge in [-0.15, -0.1) is 0 Å². The van der Waals surface area contributed by atoms with Crippen LogP contribution in [0.25, 0.3) is 10.9 Å². The fraction of sp³-hybridized carbons (Fsp3) is 0.500. The molecule has 1 atom stereocenters. The largest absolute Gasteiger partial charge is 0.352 e. The Balaban J connectivity index is 1.61. The molecule has 1 fully saturated rings. The molecular formula is C18H24N4O2. The van der Waals surface area contributed by atoms with E-state index in [1.54, 1.807) is 10.7 Å². The molecule has 1 N–H and O–H groups in total. The van der Waals surface area contributed by atoms with Gasteiger partial charge in [-0.05, 0) is 38.1 Å². The number of carbonyl (C=O) groups excluding carboxylic acids is 1. The molecule has 3 rings (SSSR count). The summed E-state index contributed by atoms with van der Waals surface area (Å²) in [4.78, 5) is 26.4. The number of hydrogen-bond donors (Lipinski definition) is 1. The minimum Gasteiger partial charge on any atom is -0.352 e. The SMILES string of the molecule is CCN1CCC[C@@H](NC(=O)CCn2ncc(=O)c3ccccc32)C1. The lowest BCUT2D eigenvalue weighted by Gasteiger charge is -2.32. The number of aryl methyl sites for hydroxylation is 1. The second-order valence-electron chi connectivity index (χ2n) is 6.30. The van der Waals surface area contributed by atoms with E-state index >= 15 is 0 Å². The van der Waals surface area contributed by atoms with E-state index in [-0.39, 0.29) is 17.4 Å². The molecule has 6 heteroatoms. The summed E-state index contributed by atoms with van der Waals surface area (Å²) in [5.74, 6) is 0.0440. The molecule has 0 saturated carbocycles. The maximum atomic E-state index is 12.3. The van der Waals surface area contributed by atoms with E-state index in [2.05, 4.69) is 22.2 Å². The molecule has 0 unspecified atom stereocenters. The van der Waals surface area contributed by atoms with Crippen LogP contribution in [0.15, 0.2) is 35.3 Å². The van der Waals surface area contributed by atoms with Crippen molar-refractivity contribution in [2.75, 3.05) is 19.6 Å². The molecule has 0 aliphatic carbocycles. The molecule has 1 saturated heterocycles. The third-order valence-corrected chi connectivity index (χ3v) is 4.63. The monoisotopic (exact) mass is 328 g/mol. The molecule has 2 aromatic rings. The Hall–Kier alpha value is -2.21. The predicted octanol–water partition coefficient (Wildman–Crippen LogP) is 1.39. The van der Waals surface area contributed by atoms with Gasteiger partial charge in [-0.25, -0.2) is 0 Å². The van der Waals surface area contributed by atoms with Crippen LogP contribution in [0.4, 0.5) is 0 Å². The second kappa shape index (κ2) is 7.57. The number of likely N-dealkylation sites (N-methyl/N-ethyl adjacent to an activating group) is 1. The Labute approximate surface area is 141 Å². The number of nitrogens with zero attached hydrogens (tertiary/aromatic N) is 3. The van der Waals surface area contributed by atoms with Crippen LogP contribution in [-0.4, -0.2) is 46.3 Å². The number of para-hydroxylation sites is 1. The van der Waals surface area contributed by atoms with Gasteiger partial charge in [-0.3, -0.25) is 14.3 Å². The molecule has 128 valence electrons. The molecule has 1 aromatic carbocycles. The summed E-state index contributed by atoms with van der Waals surface area (Å²) in [6, 6.07) is 7.61. The Morgan fingerprint density at radius 2 is 2.21 bits per heavy atom. The van der Waals surface area contributed by atoms with Gasteiger partial charge in [-0.2, -0.15) is 5.10 Å². The smallest absolute Gasteiger partial charge is 0.222 e. The average Bonchev–Trinajstić information content (AvgIpc) is 2.61. The number of fused-ring (bicyclic) bond motifs is 1. The fourth-order valence-electron chi connectivity index (χ4n) is 3.31. The van der Waals surface area contributed by atoms with Crippen LogP contribution < -0.4 is 10.7 Å². The van der Waals surface area contributed by atoms with Crippen LogP contribution in [0.2, 0.25) is 0 Å². The lowest BCUT2D eigenvalue weighted by Crippen LogP contribution is -2.47.